The number of fused-ring (bicyclic) bond motifs is 4. The van der Waals surface area contributed by atoms with E-state index < -0.39 is 13.4 Å². The number of hydrogen-bond acceptors (Lipinski definition) is 3. The highest BCUT2D eigenvalue weighted by Crippen LogP contribution is 2.56. The van der Waals surface area contributed by atoms with Crippen LogP contribution in [0.15, 0.2) is 48.5 Å². The maximum atomic E-state index is 11.9. The third-order valence-electron chi connectivity index (χ3n) is 4.86. The van der Waals surface area contributed by atoms with Gasteiger partial charge in [0.05, 0.1) is 12.0 Å². The monoisotopic (exact) mass is 298 g/mol. The minimum atomic E-state index is -2.50. The number of rotatable bonds is 1. The van der Waals surface area contributed by atoms with Gasteiger partial charge in [-0.25, -0.2) is 0 Å². The van der Waals surface area contributed by atoms with Crippen molar-refractivity contribution in [3.63, 3.8) is 0 Å². The van der Waals surface area contributed by atoms with Crippen LogP contribution in [0.5, 0.6) is 5.75 Å². The normalized spacial score (nSPS) is 26.9. The Balaban J connectivity index is 2.02. The molecule has 0 saturated carbocycles. The number of hydrogen-bond donors (Lipinski definition) is 0. The molecule has 3 atom stereocenters. The molecule has 0 aromatic heterocycles. The van der Waals surface area contributed by atoms with Gasteiger partial charge in [0.25, 0.3) is 0 Å². The van der Waals surface area contributed by atoms with Gasteiger partial charge in [0.15, 0.2) is 5.66 Å². The molecule has 0 fully saturated rings. The maximum Gasteiger partial charge on any atom is 0.313 e. The van der Waals surface area contributed by atoms with Crippen LogP contribution in [0.4, 0.5) is 0 Å². The minimum absolute atomic E-state index is 0.380. The molecule has 4 heteroatoms. The van der Waals surface area contributed by atoms with E-state index in [1.807, 2.05) is 42.5 Å². The lowest BCUT2D eigenvalue weighted by molar-refractivity contribution is -0.167. The summed E-state index contributed by atoms with van der Waals surface area (Å²) in [5, 5.41) is 0. The molecule has 3 unspecified atom stereocenters. The van der Waals surface area contributed by atoms with Gasteiger partial charge < -0.3 is 9.63 Å². The maximum absolute atomic E-state index is 11.9. The first-order chi connectivity index (χ1) is 10.2. The van der Waals surface area contributed by atoms with E-state index in [0.717, 1.165) is 28.9 Å². The van der Waals surface area contributed by atoms with Crippen molar-refractivity contribution >= 4 is 8.03 Å². The molecule has 0 radical (unpaired) electrons. The zero-order chi connectivity index (χ0) is 14.4. The topological polar surface area (TPSA) is 49.4 Å². The smallest absolute Gasteiger partial charge is 0.313 e. The Bertz CT molecular complexity index is 727. The summed E-state index contributed by atoms with van der Waals surface area (Å²) in [6.07, 6.45) is 1.32. The molecule has 4 rings (SSSR count). The molecule has 0 amide bonds. The van der Waals surface area contributed by atoms with E-state index in [9.17, 15) is 9.46 Å². The molecule has 2 aromatic rings. The lowest BCUT2D eigenvalue weighted by atomic mass is 9.71. The second-order valence-corrected chi connectivity index (χ2v) is 6.92. The van der Waals surface area contributed by atoms with Crippen molar-refractivity contribution < 1.29 is 14.2 Å². The first-order valence-electron chi connectivity index (χ1n) is 7.17. The Morgan fingerprint density at radius 2 is 1.81 bits per heavy atom. The third-order valence-corrected chi connectivity index (χ3v) is 5.99. The number of para-hydroxylation sites is 1. The predicted octanol–water partition coefficient (Wildman–Crippen LogP) is 2.78. The molecule has 3 nitrogen and oxygen atoms in total. The van der Waals surface area contributed by atoms with Gasteiger partial charge in [0.1, 0.15) is 5.75 Å². The summed E-state index contributed by atoms with van der Waals surface area (Å²) in [7, 11) is -2.50. The molecule has 2 aliphatic rings. The molecule has 0 bridgehead atoms. The van der Waals surface area contributed by atoms with E-state index in [-0.39, 0.29) is 5.66 Å². The molecular formula is C17H15O3P. The van der Waals surface area contributed by atoms with Crippen molar-refractivity contribution in [2.24, 2.45) is 0 Å². The van der Waals surface area contributed by atoms with E-state index in [0.29, 0.717) is 13.0 Å². The van der Waals surface area contributed by atoms with Crippen LogP contribution in [-0.2, 0) is 16.4 Å². The summed E-state index contributed by atoms with van der Waals surface area (Å²) < 4.78 is 17.7. The second-order valence-electron chi connectivity index (χ2n) is 5.73. The summed E-state index contributed by atoms with van der Waals surface area (Å²) in [4.78, 5) is 11.9. The van der Waals surface area contributed by atoms with Gasteiger partial charge >= 0.3 is 8.03 Å². The molecule has 1 aliphatic carbocycles. The molecular weight excluding hydrogens is 283 g/mol. The molecule has 2 aromatic carbocycles. The van der Waals surface area contributed by atoms with E-state index >= 15 is 0 Å². The Hall–Kier alpha value is -1.70. The highest BCUT2D eigenvalue weighted by Gasteiger charge is 2.56. The Kier molecular flexibility index (Phi) is 2.88. The van der Waals surface area contributed by atoms with Crippen LogP contribution < -0.4 is 9.63 Å². The first-order valence-corrected chi connectivity index (χ1v) is 8.42. The van der Waals surface area contributed by atoms with Crippen molar-refractivity contribution in [2.45, 2.75) is 23.9 Å². The second kappa shape index (κ2) is 4.66. The lowest BCUT2D eigenvalue weighted by Crippen LogP contribution is -2.41. The van der Waals surface area contributed by atoms with Crippen LogP contribution in [-0.4, -0.2) is 12.3 Å². The van der Waals surface area contributed by atoms with Crippen LogP contribution in [0.2, 0.25) is 0 Å². The SMILES string of the molecule is O=[P+]([O-])C1Cc2ccccc2C12CCOc1ccccc12. The van der Waals surface area contributed by atoms with Gasteiger partial charge in [0, 0.05) is 12.0 Å². The van der Waals surface area contributed by atoms with Crippen LogP contribution in [0.1, 0.15) is 23.1 Å². The standard InChI is InChI=1S/C17H15O3P/c18-21(19)16-11-12-5-1-2-6-13(12)17(16)9-10-20-15-8-4-3-7-14(15)17/h1-8,16H,9-11H2. The van der Waals surface area contributed by atoms with Gasteiger partial charge in [-0.15, -0.1) is 0 Å². The third kappa shape index (κ3) is 1.71. The molecule has 21 heavy (non-hydrogen) atoms. The fraction of sp³-hybridized carbons (Fsp3) is 0.294. The van der Waals surface area contributed by atoms with Crippen LogP contribution in [0.3, 0.4) is 0 Å². The van der Waals surface area contributed by atoms with Gasteiger partial charge in [-0.05, 0) is 23.6 Å². The minimum Gasteiger partial charge on any atom is -0.595 e. The Morgan fingerprint density at radius 1 is 1.10 bits per heavy atom. The Morgan fingerprint density at radius 3 is 2.62 bits per heavy atom. The molecule has 106 valence electrons. The zero-order valence-corrected chi connectivity index (χ0v) is 12.4. The zero-order valence-electron chi connectivity index (χ0n) is 11.5. The molecule has 0 saturated heterocycles. The summed E-state index contributed by atoms with van der Waals surface area (Å²) in [5.41, 5.74) is 2.50. The van der Waals surface area contributed by atoms with Gasteiger partial charge in [-0.3, -0.25) is 0 Å². The summed E-state index contributed by atoms with van der Waals surface area (Å²) in [5.74, 6) is 0.822. The molecule has 1 aliphatic heterocycles. The van der Waals surface area contributed by atoms with Crippen molar-refractivity contribution in [1.29, 1.82) is 0 Å². The number of ether oxygens (including phenoxy) is 1. The first kappa shape index (κ1) is 13.0. The van der Waals surface area contributed by atoms with Crippen LogP contribution in [0.25, 0.3) is 0 Å². The van der Waals surface area contributed by atoms with Crippen molar-refractivity contribution in [1.82, 2.24) is 0 Å². The van der Waals surface area contributed by atoms with Gasteiger partial charge in [-0.1, -0.05) is 47.0 Å². The van der Waals surface area contributed by atoms with Gasteiger partial charge in [0.2, 0.25) is 0 Å². The highest BCUT2D eigenvalue weighted by molar-refractivity contribution is 7.37. The average Bonchev–Trinajstić information content (AvgIpc) is 2.84. The Labute approximate surface area is 124 Å². The van der Waals surface area contributed by atoms with Crippen molar-refractivity contribution in [2.75, 3.05) is 6.61 Å². The molecule has 1 heterocycles. The highest BCUT2D eigenvalue weighted by atomic mass is 31.1. The molecule has 1 spiro atoms. The van der Waals surface area contributed by atoms with Crippen molar-refractivity contribution in [3.05, 3.63) is 65.2 Å². The van der Waals surface area contributed by atoms with E-state index in [4.69, 9.17) is 4.74 Å². The largest absolute Gasteiger partial charge is 0.595 e. The van der Waals surface area contributed by atoms with E-state index in [1.54, 1.807) is 0 Å². The van der Waals surface area contributed by atoms with E-state index in [2.05, 4.69) is 6.07 Å². The fourth-order valence-corrected chi connectivity index (χ4v) is 5.11. The van der Waals surface area contributed by atoms with Crippen LogP contribution >= 0.6 is 8.03 Å². The average molecular weight is 298 g/mol. The molecule has 0 N–H and O–H groups in total. The summed E-state index contributed by atoms with van der Waals surface area (Å²) >= 11 is 0. The number of benzene rings is 2. The fourth-order valence-electron chi connectivity index (χ4n) is 3.99. The summed E-state index contributed by atoms with van der Waals surface area (Å²) in [6.45, 7) is 0.561. The van der Waals surface area contributed by atoms with Crippen LogP contribution in [0, 0.1) is 0 Å². The van der Waals surface area contributed by atoms with E-state index in [1.165, 1.54) is 0 Å². The summed E-state index contributed by atoms with van der Waals surface area (Å²) in [6, 6.07) is 16.0. The lowest BCUT2D eigenvalue weighted by Gasteiger charge is -2.37. The van der Waals surface area contributed by atoms with Gasteiger partial charge in [-0.2, -0.15) is 0 Å². The predicted molar refractivity (Wildman–Crippen MR) is 78.9 cm³/mol. The van der Waals surface area contributed by atoms with Crippen molar-refractivity contribution in [3.8, 4) is 5.75 Å². The quantitative estimate of drug-likeness (QED) is 0.761.